The van der Waals surface area contributed by atoms with Crippen LogP contribution in [0, 0.1) is 0 Å². The average molecular weight is 504 g/mol. The Kier molecular flexibility index (Phi) is 9.15. The summed E-state index contributed by atoms with van der Waals surface area (Å²) in [5, 5.41) is 3.77. The number of carbonyl (C=O) groups excluding carboxylic acids is 2. The molecule has 0 unspecified atom stereocenters. The first-order valence-electron chi connectivity index (χ1n) is 8.59. The van der Waals surface area contributed by atoms with Crippen molar-refractivity contribution in [3.63, 3.8) is 0 Å². The number of amides is 2. The fraction of sp³-hybridized carbons (Fsp3) is 0.300. The average Bonchev–Trinajstić information content (AvgIpc) is 2.67. The van der Waals surface area contributed by atoms with Gasteiger partial charge < -0.3 is 10.2 Å². The highest BCUT2D eigenvalue weighted by Gasteiger charge is 2.25. The Morgan fingerprint density at radius 1 is 1.18 bits per heavy atom. The molecule has 0 aliphatic heterocycles. The summed E-state index contributed by atoms with van der Waals surface area (Å²) in [5.74, 6) is 0.409. The van der Waals surface area contributed by atoms with Gasteiger partial charge in [-0.25, -0.2) is 0 Å². The molecule has 4 nitrogen and oxygen atoms in total. The molecule has 0 radical (unpaired) electrons. The van der Waals surface area contributed by atoms with Crippen molar-refractivity contribution in [2.75, 3.05) is 12.8 Å². The lowest BCUT2D eigenvalue weighted by atomic mass is 10.1. The lowest BCUT2D eigenvalue weighted by Gasteiger charge is -2.28. The molecule has 0 heterocycles. The lowest BCUT2D eigenvalue weighted by molar-refractivity contribution is -0.138. The largest absolute Gasteiger partial charge is 0.357 e. The van der Waals surface area contributed by atoms with Crippen molar-refractivity contribution in [2.24, 2.45) is 0 Å². The maximum Gasteiger partial charge on any atom is 0.242 e. The van der Waals surface area contributed by atoms with Gasteiger partial charge in [-0.2, -0.15) is 0 Å². The van der Waals surface area contributed by atoms with E-state index in [0.29, 0.717) is 22.3 Å². The van der Waals surface area contributed by atoms with Gasteiger partial charge in [0.15, 0.2) is 0 Å². The zero-order valence-corrected chi connectivity index (χ0v) is 19.5. The monoisotopic (exact) mass is 502 g/mol. The molecular formula is C20H21BrCl2N2O2S. The second kappa shape index (κ2) is 11.1. The van der Waals surface area contributed by atoms with Crippen LogP contribution in [0.15, 0.2) is 46.9 Å². The van der Waals surface area contributed by atoms with Crippen LogP contribution in [-0.4, -0.2) is 35.6 Å². The first-order valence-corrected chi connectivity index (χ1v) is 11.3. The van der Waals surface area contributed by atoms with Gasteiger partial charge in [0, 0.05) is 33.9 Å². The first kappa shape index (κ1) is 23.1. The lowest BCUT2D eigenvalue weighted by Crippen LogP contribution is -2.47. The fourth-order valence-corrected chi connectivity index (χ4v) is 4.71. The van der Waals surface area contributed by atoms with Crippen LogP contribution in [0.4, 0.5) is 0 Å². The Morgan fingerprint density at radius 3 is 2.43 bits per heavy atom. The zero-order chi connectivity index (χ0) is 20.7. The summed E-state index contributed by atoms with van der Waals surface area (Å²) in [7, 11) is 1.56. The van der Waals surface area contributed by atoms with E-state index in [0.717, 1.165) is 15.6 Å². The third-order valence-electron chi connectivity index (χ3n) is 4.19. The van der Waals surface area contributed by atoms with Crippen LogP contribution in [0.5, 0.6) is 0 Å². The Hall–Kier alpha value is -1.21. The van der Waals surface area contributed by atoms with Crippen LogP contribution in [0.3, 0.4) is 0 Å². The van der Waals surface area contributed by atoms with E-state index in [1.54, 1.807) is 37.1 Å². The van der Waals surface area contributed by atoms with Gasteiger partial charge in [0.1, 0.15) is 6.04 Å². The van der Waals surface area contributed by atoms with Gasteiger partial charge in [0.2, 0.25) is 11.8 Å². The molecule has 8 heteroatoms. The van der Waals surface area contributed by atoms with Gasteiger partial charge in [-0.3, -0.25) is 9.59 Å². The first-order chi connectivity index (χ1) is 13.3. The molecule has 1 N–H and O–H groups in total. The molecule has 28 heavy (non-hydrogen) atoms. The SMILES string of the molecule is CNC(=O)[C@@H](C)N(Cc1cccc(Br)c1)C(=O)CSCc1c(Cl)cccc1Cl. The number of rotatable bonds is 8. The summed E-state index contributed by atoms with van der Waals surface area (Å²) in [5.41, 5.74) is 1.75. The van der Waals surface area contributed by atoms with Crippen LogP contribution >= 0.6 is 50.9 Å². The van der Waals surface area contributed by atoms with Gasteiger partial charge in [-0.15, -0.1) is 11.8 Å². The molecule has 1 atom stereocenters. The minimum atomic E-state index is -0.582. The van der Waals surface area contributed by atoms with Crippen molar-refractivity contribution in [2.45, 2.75) is 25.3 Å². The molecule has 150 valence electrons. The molecule has 2 aromatic carbocycles. The van der Waals surface area contributed by atoms with Crippen LogP contribution in [0.1, 0.15) is 18.1 Å². The highest BCUT2D eigenvalue weighted by Crippen LogP contribution is 2.28. The van der Waals surface area contributed by atoms with Gasteiger partial charge >= 0.3 is 0 Å². The Balaban J connectivity index is 2.08. The quantitative estimate of drug-likeness (QED) is 0.541. The van der Waals surface area contributed by atoms with E-state index in [1.165, 1.54) is 11.8 Å². The number of hydrogen-bond acceptors (Lipinski definition) is 3. The van der Waals surface area contributed by atoms with E-state index < -0.39 is 6.04 Å². The molecule has 2 aromatic rings. The summed E-state index contributed by atoms with van der Waals surface area (Å²) in [6.07, 6.45) is 0. The number of carbonyl (C=O) groups is 2. The van der Waals surface area contributed by atoms with E-state index in [4.69, 9.17) is 23.2 Å². The number of nitrogens with zero attached hydrogens (tertiary/aromatic N) is 1. The Bertz CT molecular complexity index is 830. The molecule has 0 saturated carbocycles. The third kappa shape index (κ3) is 6.41. The summed E-state index contributed by atoms with van der Waals surface area (Å²) in [6, 6.07) is 12.4. The van der Waals surface area contributed by atoms with E-state index in [-0.39, 0.29) is 17.6 Å². The van der Waals surface area contributed by atoms with E-state index >= 15 is 0 Å². The van der Waals surface area contributed by atoms with Crippen molar-refractivity contribution < 1.29 is 9.59 Å². The summed E-state index contributed by atoms with van der Waals surface area (Å²) >= 11 is 17.2. The van der Waals surface area contributed by atoms with Gasteiger partial charge in [-0.05, 0) is 42.3 Å². The van der Waals surface area contributed by atoms with Crippen molar-refractivity contribution in [1.29, 1.82) is 0 Å². The van der Waals surface area contributed by atoms with Crippen molar-refractivity contribution >= 4 is 62.7 Å². The Labute approximate surface area is 188 Å². The molecule has 0 fully saturated rings. The normalized spacial score (nSPS) is 11.8. The van der Waals surface area contributed by atoms with E-state index in [2.05, 4.69) is 21.2 Å². The smallest absolute Gasteiger partial charge is 0.242 e. The van der Waals surface area contributed by atoms with Crippen molar-refractivity contribution in [1.82, 2.24) is 10.2 Å². The molecular weight excluding hydrogens is 483 g/mol. The number of nitrogens with one attached hydrogen (secondary N) is 1. The topological polar surface area (TPSA) is 49.4 Å². The highest BCUT2D eigenvalue weighted by molar-refractivity contribution is 9.10. The Morgan fingerprint density at radius 2 is 1.82 bits per heavy atom. The van der Waals surface area contributed by atoms with E-state index in [9.17, 15) is 9.59 Å². The summed E-state index contributed by atoms with van der Waals surface area (Å²) in [4.78, 5) is 26.6. The van der Waals surface area contributed by atoms with Gasteiger partial charge in [0.25, 0.3) is 0 Å². The maximum atomic E-state index is 12.9. The van der Waals surface area contributed by atoms with Crippen molar-refractivity contribution in [3.8, 4) is 0 Å². The number of hydrogen-bond donors (Lipinski definition) is 1. The molecule has 0 aliphatic carbocycles. The van der Waals surface area contributed by atoms with Crippen LogP contribution < -0.4 is 5.32 Å². The molecule has 0 aromatic heterocycles. The fourth-order valence-electron chi connectivity index (χ4n) is 2.62. The number of likely N-dealkylation sites (N-methyl/N-ethyl adjacent to an activating group) is 1. The minimum absolute atomic E-state index is 0.121. The van der Waals surface area contributed by atoms with E-state index in [1.807, 2.05) is 24.3 Å². The van der Waals surface area contributed by atoms with Crippen molar-refractivity contribution in [3.05, 3.63) is 68.1 Å². The number of halogens is 3. The molecule has 0 spiro atoms. The summed E-state index contributed by atoms with van der Waals surface area (Å²) < 4.78 is 0.924. The maximum absolute atomic E-state index is 12.9. The highest BCUT2D eigenvalue weighted by atomic mass is 79.9. The standard InChI is InChI=1S/C20H21BrCl2N2O2S/c1-13(20(27)24-2)25(10-14-5-3-6-15(21)9-14)19(26)12-28-11-16-17(22)7-4-8-18(16)23/h3-9,13H,10-12H2,1-2H3,(H,24,27)/t13-/m1/s1. The second-order valence-electron chi connectivity index (χ2n) is 6.13. The molecule has 2 amide bonds. The molecule has 2 rings (SSSR count). The molecule has 0 bridgehead atoms. The second-order valence-corrected chi connectivity index (χ2v) is 8.85. The predicted octanol–water partition coefficient (Wildman–Crippen LogP) is 5.15. The molecule has 0 saturated heterocycles. The van der Waals surface area contributed by atoms with Crippen LogP contribution in [-0.2, 0) is 21.9 Å². The zero-order valence-electron chi connectivity index (χ0n) is 15.5. The molecule has 0 aliphatic rings. The van der Waals surface area contributed by atoms with Crippen LogP contribution in [0.25, 0.3) is 0 Å². The predicted molar refractivity (Wildman–Crippen MR) is 121 cm³/mol. The minimum Gasteiger partial charge on any atom is -0.357 e. The van der Waals surface area contributed by atoms with Crippen LogP contribution in [0.2, 0.25) is 10.0 Å². The van der Waals surface area contributed by atoms with Gasteiger partial charge in [0.05, 0.1) is 5.75 Å². The number of thioether (sulfide) groups is 1. The third-order valence-corrected chi connectivity index (χ3v) is 6.33. The van der Waals surface area contributed by atoms with Gasteiger partial charge in [-0.1, -0.05) is 57.3 Å². The number of benzene rings is 2. The summed E-state index contributed by atoms with van der Waals surface area (Å²) in [6.45, 7) is 2.07.